The van der Waals surface area contributed by atoms with Gasteiger partial charge in [0.05, 0.1) is 42.7 Å². The van der Waals surface area contributed by atoms with Gasteiger partial charge in [0.25, 0.3) is 5.91 Å². The van der Waals surface area contributed by atoms with Gasteiger partial charge in [-0.1, -0.05) is 0 Å². The van der Waals surface area contributed by atoms with E-state index >= 15 is 0 Å². The summed E-state index contributed by atoms with van der Waals surface area (Å²) in [5, 5.41) is 2.82. The average molecular weight is 479 g/mol. The Morgan fingerprint density at radius 2 is 1.64 bits per heavy atom. The van der Waals surface area contributed by atoms with Crippen molar-refractivity contribution in [3.63, 3.8) is 0 Å². The van der Waals surface area contributed by atoms with Crippen LogP contribution in [-0.4, -0.2) is 66.7 Å². The van der Waals surface area contributed by atoms with Crippen LogP contribution >= 0.6 is 0 Å². The Morgan fingerprint density at radius 1 is 1.00 bits per heavy atom. The Kier molecular flexibility index (Phi) is 8.40. The summed E-state index contributed by atoms with van der Waals surface area (Å²) in [6.07, 6.45) is 1.13. The zero-order valence-electron chi connectivity index (χ0n) is 19.1. The molecule has 0 aliphatic carbocycles. The number of carbonyl (C=O) groups is 1. The van der Waals surface area contributed by atoms with Gasteiger partial charge in [0.2, 0.25) is 0 Å². The monoisotopic (exact) mass is 478 g/mol. The van der Waals surface area contributed by atoms with Gasteiger partial charge in [0.1, 0.15) is 17.2 Å². The van der Waals surface area contributed by atoms with E-state index in [0.717, 1.165) is 25.0 Å². The van der Waals surface area contributed by atoms with Gasteiger partial charge in [-0.2, -0.15) is 0 Å². The van der Waals surface area contributed by atoms with Crippen LogP contribution in [0.25, 0.3) is 0 Å². The van der Waals surface area contributed by atoms with Crippen molar-refractivity contribution in [2.45, 2.75) is 18.7 Å². The minimum absolute atomic E-state index is 0.185. The predicted octanol–water partition coefficient (Wildman–Crippen LogP) is 2.74. The Morgan fingerprint density at radius 3 is 2.24 bits per heavy atom. The van der Waals surface area contributed by atoms with Gasteiger partial charge < -0.3 is 29.2 Å². The van der Waals surface area contributed by atoms with E-state index in [1.807, 2.05) is 19.9 Å². The number of benzene rings is 2. The first kappa shape index (κ1) is 24.7. The van der Waals surface area contributed by atoms with Gasteiger partial charge in [0, 0.05) is 31.5 Å². The molecule has 9 nitrogen and oxygen atoms in total. The van der Waals surface area contributed by atoms with Crippen LogP contribution < -0.4 is 24.4 Å². The third kappa shape index (κ3) is 6.75. The second-order valence-electron chi connectivity index (χ2n) is 7.36. The molecular formula is C23H30N2O7S. The molecule has 0 unspecified atom stereocenters. The van der Waals surface area contributed by atoms with Gasteiger partial charge in [0.15, 0.2) is 16.4 Å². The molecule has 1 N–H and O–H groups in total. The minimum Gasteiger partial charge on any atom is -0.492 e. The van der Waals surface area contributed by atoms with Gasteiger partial charge in [-0.05, 0) is 38.1 Å². The largest absolute Gasteiger partial charge is 0.492 e. The van der Waals surface area contributed by atoms with Gasteiger partial charge >= 0.3 is 0 Å². The molecule has 3 rings (SSSR count). The van der Waals surface area contributed by atoms with E-state index in [1.165, 1.54) is 24.3 Å². The average Bonchev–Trinajstić information content (AvgIpc) is 2.80. The van der Waals surface area contributed by atoms with Crippen molar-refractivity contribution in [1.29, 1.82) is 0 Å². The van der Waals surface area contributed by atoms with Crippen LogP contribution in [0.3, 0.4) is 0 Å². The number of nitrogens with one attached hydrogen (secondary N) is 1. The van der Waals surface area contributed by atoms with Crippen molar-refractivity contribution in [2.24, 2.45) is 0 Å². The number of ether oxygens (including phenoxy) is 4. The Hall–Kier alpha value is -2.98. The lowest BCUT2D eigenvalue weighted by molar-refractivity contribution is -0.118. The summed E-state index contributed by atoms with van der Waals surface area (Å²) < 4.78 is 45.7. The maximum absolute atomic E-state index is 12.6. The molecule has 1 fully saturated rings. The lowest BCUT2D eigenvalue weighted by atomic mass is 10.2. The summed E-state index contributed by atoms with van der Waals surface area (Å²) in [4.78, 5) is 14.9. The van der Waals surface area contributed by atoms with Crippen molar-refractivity contribution in [1.82, 2.24) is 0 Å². The van der Waals surface area contributed by atoms with Crippen molar-refractivity contribution in [2.75, 3.05) is 62.6 Å². The summed E-state index contributed by atoms with van der Waals surface area (Å²) >= 11 is 0. The third-order valence-electron chi connectivity index (χ3n) is 4.91. The SMILES string of the molecule is CCOc1cc(N2CCOCC2)c(OCC)cc1NC(=O)COc1ccc(S(C)(=O)=O)cc1. The van der Waals surface area contributed by atoms with Gasteiger partial charge in [-0.15, -0.1) is 0 Å². The fourth-order valence-electron chi connectivity index (χ4n) is 3.36. The number of rotatable bonds is 10. The minimum atomic E-state index is -3.29. The summed E-state index contributed by atoms with van der Waals surface area (Å²) in [7, 11) is -3.29. The number of carbonyl (C=O) groups excluding carboxylic acids is 1. The van der Waals surface area contributed by atoms with Gasteiger partial charge in [-0.3, -0.25) is 4.79 Å². The maximum Gasteiger partial charge on any atom is 0.262 e. The maximum atomic E-state index is 12.6. The molecule has 0 saturated carbocycles. The van der Waals surface area contributed by atoms with Crippen LogP contribution in [0.15, 0.2) is 41.3 Å². The zero-order valence-corrected chi connectivity index (χ0v) is 19.9. The van der Waals surface area contributed by atoms with Crippen LogP contribution in [0.2, 0.25) is 0 Å². The highest BCUT2D eigenvalue weighted by Gasteiger charge is 2.20. The van der Waals surface area contributed by atoms with E-state index in [-0.39, 0.29) is 17.4 Å². The number of hydrogen-bond donors (Lipinski definition) is 1. The fourth-order valence-corrected chi connectivity index (χ4v) is 3.99. The molecule has 1 aliphatic rings. The van der Waals surface area contributed by atoms with E-state index in [4.69, 9.17) is 18.9 Å². The van der Waals surface area contributed by atoms with Crippen molar-refractivity contribution in [3.8, 4) is 17.2 Å². The lowest BCUT2D eigenvalue weighted by Crippen LogP contribution is -2.36. The quantitative estimate of drug-likeness (QED) is 0.556. The van der Waals surface area contributed by atoms with E-state index in [2.05, 4.69) is 10.2 Å². The molecule has 0 atom stereocenters. The Balaban J connectivity index is 1.73. The summed E-state index contributed by atoms with van der Waals surface area (Å²) in [6.45, 7) is 7.19. The summed E-state index contributed by atoms with van der Waals surface area (Å²) in [6, 6.07) is 9.54. The molecule has 10 heteroatoms. The molecule has 1 heterocycles. The number of nitrogens with zero attached hydrogens (tertiary/aromatic N) is 1. The van der Waals surface area contributed by atoms with E-state index < -0.39 is 9.84 Å². The molecule has 0 aromatic heterocycles. The molecule has 0 radical (unpaired) electrons. The first-order valence-electron chi connectivity index (χ1n) is 10.8. The van der Waals surface area contributed by atoms with Gasteiger partial charge in [-0.25, -0.2) is 8.42 Å². The summed E-state index contributed by atoms with van der Waals surface area (Å²) in [5.41, 5.74) is 1.38. The Labute approximate surface area is 194 Å². The van der Waals surface area contributed by atoms with E-state index in [0.29, 0.717) is 49.4 Å². The number of amides is 1. The molecule has 180 valence electrons. The van der Waals surface area contributed by atoms with Crippen molar-refractivity contribution < 1.29 is 32.2 Å². The van der Waals surface area contributed by atoms with Crippen LogP contribution in [0, 0.1) is 0 Å². The number of anilines is 2. The normalized spacial score (nSPS) is 14.0. The lowest BCUT2D eigenvalue weighted by Gasteiger charge is -2.31. The number of morpholine rings is 1. The molecule has 33 heavy (non-hydrogen) atoms. The van der Waals surface area contributed by atoms with E-state index in [1.54, 1.807) is 6.07 Å². The highest BCUT2D eigenvalue weighted by atomic mass is 32.2. The Bertz CT molecular complexity index is 1050. The van der Waals surface area contributed by atoms with Crippen LogP contribution in [0.1, 0.15) is 13.8 Å². The second-order valence-corrected chi connectivity index (χ2v) is 9.38. The second kappa shape index (κ2) is 11.2. The smallest absolute Gasteiger partial charge is 0.262 e. The molecule has 1 aliphatic heterocycles. The first-order chi connectivity index (χ1) is 15.8. The topological polar surface area (TPSA) is 103 Å². The van der Waals surface area contributed by atoms with Crippen LogP contribution in [0.4, 0.5) is 11.4 Å². The predicted molar refractivity (Wildman–Crippen MR) is 125 cm³/mol. The first-order valence-corrected chi connectivity index (χ1v) is 12.7. The standard InChI is InChI=1S/C23H30N2O7S/c1-4-30-21-15-20(25-10-12-29-13-11-25)22(31-5-2)14-19(21)24-23(26)16-32-17-6-8-18(9-7-17)33(3,27)28/h6-9,14-15H,4-5,10-13,16H2,1-3H3,(H,24,26). The molecule has 2 aromatic carbocycles. The van der Waals surface area contributed by atoms with Crippen LogP contribution in [-0.2, 0) is 19.4 Å². The van der Waals surface area contributed by atoms with E-state index in [9.17, 15) is 13.2 Å². The molecule has 2 aromatic rings. The van der Waals surface area contributed by atoms with Crippen LogP contribution in [0.5, 0.6) is 17.2 Å². The third-order valence-corrected chi connectivity index (χ3v) is 6.04. The highest BCUT2D eigenvalue weighted by Crippen LogP contribution is 2.39. The fraction of sp³-hybridized carbons (Fsp3) is 0.435. The summed E-state index contributed by atoms with van der Waals surface area (Å²) in [5.74, 6) is 1.19. The molecule has 0 bridgehead atoms. The number of sulfone groups is 1. The zero-order chi connectivity index (χ0) is 23.8. The number of hydrogen-bond acceptors (Lipinski definition) is 8. The molecular weight excluding hydrogens is 448 g/mol. The van der Waals surface area contributed by atoms with Crippen molar-refractivity contribution in [3.05, 3.63) is 36.4 Å². The molecule has 1 amide bonds. The highest BCUT2D eigenvalue weighted by molar-refractivity contribution is 7.90. The van der Waals surface area contributed by atoms with Crippen molar-refractivity contribution >= 4 is 27.1 Å². The molecule has 0 spiro atoms. The molecule has 1 saturated heterocycles.